The average Bonchev–Trinajstić information content (AvgIpc) is 3.58. The van der Waals surface area contributed by atoms with E-state index in [-0.39, 0.29) is 24.8 Å². The molecule has 4 amide bonds. The summed E-state index contributed by atoms with van der Waals surface area (Å²) in [6.45, 7) is 8.82. The number of piperazine rings is 2. The van der Waals surface area contributed by atoms with Crippen LogP contribution in [-0.2, 0) is 24.3 Å². The number of anilines is 2. The molecule has 6 heterocycles. The van der Waals surface area contributed by atoms with E-state index < -0.39 is 6.03 Å². The first kappa shape index (κ1) is 25.5. The van der Waals surface area contributed by atoms with Crippen LogP contribution in [0.25, 0.3) is 0 Å². The summed E-state index contributed by atoms with van der Waals surface area (Å²) >= 11 is 1.89. The van der Waals surface area contributed by atoms with E-state index in [1.807, 2.05) is 23.9 Å². The van der Waals surface area contributed by atoms with Crippen LogP contribution in [0.5, 0.6) is 0 Å². The van der Waals surface area contributed by atoms with Crippen molar-refractivity contribution in [2.45, 2.75) is 30.8 Å². The predicted molar refractivity (Wildman–Crippen MR) is 150 cm³/mol. The summed E-state index contributed by atoms with van der Waals surface area (Å²) in [6.07, 6.45) is 1.20. The molecule has 0 atom stereocenters. The number of hydrazine groups is 1. The highest BCUT2D eigenvalue weighted by atomic mass is 32.2. The van der Waals surface area contributed by atoms with Crippen LogP contribution < -0.4 is 20.4 Å². The Bertz CT molecular complexity index is 1360. The first-order chi connectivity index (χ1) is 19.5. The van der Waals surface area contributed by atoms with E-state index in [2.05, 4.69) is 31.4 Å². The van der Waals surface area contributed by atoms with Gasteiger partial charge in [-0.1, -0.05) is 12.1 Å². The van der Waals surface area contributed by atoms with Crippen molar-refractivity contribution in [1.29, 1.82) is 0 Å². The van der Waals surface area contributed by atoms with Crippen LogP contribution in [0.2, 0.25) is 0 Å². The fourth-order valence-electron chi connectivity index (χ4n) is 6.07. The van der Waals surface area contributed by atoms with Crippen molar-refractivity contribution in [2.75, 3.05) is 74.5 Å². The van der Waals surface area contributed by atoms with E-state index in [9.17, 15) is 14.4 Å². The van der Waals surface area contributed by atoms with Crippen molar-refractivity contribution in [3.63, 3.8) is 0 Å². The number of carbonyl (C=O) groups excluding carboxylic acids is 3. The Labute approximate surface area is 237 Å². The highest BCUT2D eigenvalue weighted by Gasteiger charge is 2.37. The molecule has 1 aromatic heterocycles. The van der Waals surface area contributed by atoms with Gasteiger partial charge in [0.05, 0.1) is 23.7 Å². The fraction of sp³-hybridized carbons (Fsp3) is 0.519. The van der Waals surface area contributed by atoms with Gasteiger partial charge in [-0.05, 0) is 17.2 Å². The Kier molecular flexibility index (Phi) is 6.72. The molecule has 3 fully saturated rings. The van der Waals surface area contributed by atoms with Gasteiger partial charge in [-0.3, -0.25) is 19.8 Å². The molecular weight excluding hydrogens is 530 g/mol. The van der Waals surface area contributed by atoms with Gasteiger partial charge in [0.2, 0.25) is 11.9 Å². The molecule has 5 aliphatic heterocycles. The summed E-state index contributed by atoms with van der Waals surface area (Å²) < 4.78 is 0. The second kappa shape index (κ2) is 10.5. The maximum absolute atomic E-state index is 13.0. The largest absolute Gasteiger partial charge is 0.353 e. The Morgan fingerprint density at radius 2 is 1.70 bits per heavy atom. The number of urea groups is 1. The van der Waals surface area contributed by atoms with E-state index in [4.69, 9.17) is 9.97 Å². The standard InChI is InChI=1S/C27H33N9O3S/c37-22-3-7-35(27(39)30-22)36-17-19-15-18(1-2-20(19)25(36)38)16-32-10-12-34(13-11-32)26-29-21-4-14-40-23(21)24(31-26)33-8-5-28-6-9-33/h1-2,15,28H,3-14,16-17H2,(H,30,37,39). The minimum atomic E-state index is -0.540. The number of rotatable bonds is 5. The number of hydrogen-bond acceptors (Lipinski definition) is 10. The third-order valence-electron chi connectivity index (χ3n) is 8.25. The molecule has 1 aromatic carbocycles. The SMILES string of the molecule is O=C1CCN(N2Cc3cc(CN4CCN(c5nc6c(c(N7CCNCC7)n5)SCC6)CC4)ccc3C2=O)C(=O)N1. The molecule has 210 valence electrons. The van der Waals surface area contributed by atoms with Crippen LogP contribution in [0.3, 0.4) is 0 Å². The lowest BCUT2D eigenvalue weighted by atomic mass is 10.1. The number of aryl methyl sites for hydroxylation is 1. The first-order valence-electron chi connectivity index (χ1n) is 14.0. The normalized spacial score (nSPS) is 21.6. The molecule has 0 saturated carbocycles. The van der Waals surface area contributed by atoms with Crippen LogP contribution in [0.1, 0.15) is 33.6 Å². The maximum Gasteiger partial charge on any atom is 0.342 e. The van der Waals surface area contributed by atoms with Crippen LogP contribution >= 0.6 is 11.8 Å². The number of nitrogens with zero attached hydrogens (tertiary/aromatic N) is 7. The van der Waals surface area contributed by atoms with Crippen LogP contribution in [0.4, 0.5) is 16.6 Å². The highest BCUT2D eigenvalue weighted by Crippen LogP contribution is 2.38. The molecule has 40 heavy (non-hydrogen) atoms. The van der Waals surface area contributed by atoms with Crippen molar-refractivity contribution >= 4 is 41.4 Å². The topological polar surface area (TPSA) is 117 Å². The molecule has 3 saturated heterocycles. The van der Waals surface area contributed by atoms with Gasteiger partial charge < -0.3 is 15.1 Å². The fourth-order valence-corrected chi connectivity index (χ4v) is 7.19. The number of fused-ring (bicyclic) bond motifs is 2. The number of thioether (sulfide) groups is 1. The maximum atomic E-state index is 13.0. The molecule has 7 rings (SSSR count). The van der Waals surface area contributed by atoms with E-state index in [0.29, 0.717) is 12.1 Å². The van der Waals surface area contributed by atoms with Crippen LogP contribution in [0, 0.1) is 0 Å². The third-order valence-corrected chi connectivity index (χ3v) is 9.36. The van der Waals surface area contributed by atoms with Gasteiger partial charge in [0.25, 0.3) is 5.91 Å². The molecule has 13 heteroatoms. The lowest BCUT2D eigenvalue weighted by Crippen LogP contribution is -2.56. The summed E-state index contributed by atoms with van der Waals surface area (Å²) in [5.41, 5.74) is 3.87. The summed E-state index contributed by atoms with van der Waals surface area (Å²) in [5, 5.41) is 8.52. The number of benzene rings is 1. The van der Waals surface area contributed by atoms with Gasteiger partial charge in [0.1, 0.15) is 5.82 Å². The summed E-state index contributed by atoms with van der Waals surface area (Å²) in [5.74, 6) is 2.54. The minimum absolute atomic E-state index is 0.190. The molecule has 2 aromatic rings. The van der Waals surface area contributed by atoms with Gasteiger partial charge in [-0.15, -0.1) is 11.8 Å². The summed E-state index contributed by atoms with van der Waals surface area (Å²) in [4.78, 5) is 55.3. The van der Waals surface area contributed by atoms with E-state index in [0.717, 1.165) is 94.0 Å². The van der Waals surface area contributed by atoms with Gasteiger partial charge in [-0.2, -0.15) is 4.98 Å². The zero-order chi connectivity index (χ0) is 27.2. The van der Waals surface area contributed by atoms with Crippen molar-refractivity contribution < 1.29 is 14.4 Å². The average molecular weight is 564 g/mol. The summed E-state index contributed by atoms with van der Waals surface area (Å²) in [6, 6.07) is 5.41. The number of nitrogens with one attached hydrogen (secondary N) is 2. The molecule has 5 aliphatic rings. The lowest BCUT2D eigenvalue weighted by molar-refractivity contribution is -0.123. The highest BCUT2D eigenvalue weighted by molar-refractivity contribution is 7.99. The van der Waals surface area contributed by atoms with Gasteiger partial charge in [-0.25, -0.2) is 19.8 Å². The van der Waals surface area contributed by atoms with Crippen LogP contribution in [-0.4, -0.2) is 107 Å². The second-order valence-corrected chi connectivity index (χ2v) is 11.9. The summed E-state index contributed by atoms with van der Waals surface area (Å²) in [7, 11) is 0. The molecule has 0 spiro atoms. The smallest absolute Gasteiger partial charge is 0.342 e. The van der Waals surface area contributed by atoms with Crippen molar-refractivity contribution in [1.82, 2.24) is 35.5 Å². The lowest BCUT2D eigenvalue weighted by Gasteiger charge is -2.36. The predicted octanol–water partition coefficient (Wildman–Crippen LogP) is 0.669. The van der Waals surface area contributed by atoms with Gasteiger partial charge in [0.15, 0.2) is 0 Å². The van der Waals surface area contributed by atoms with Gasteiger partial charge >= 0.3 is 6.03 Å². The van der Waals surface area contributed by atoms with Crippen molar-refractivity contribution in [3.8, 4) is 0 Å². The molecule has 0 unspecified atom stereocenters. The van der Waals surface area contributed by atoms with E-state index in [1.54, 1.807) is 0 Å². The zero-order valence-corrected chi connectivity index (χ0v) is 23.2. The Hall–Kier alpha value is -3.42. The Morgan fingerprint density at radius 1 is 0.875 bits per heavy atom. The van der Waals surface area contributed by atoms with Crippen molar-refractivity contribution in [2.24, 2.45) is 0 Å². The van der Waals surface area contributed by atoms with E-state index >= 15 is 0 Å². The van der Waals surface area contributed by atoms with E-state index in [1.165, 1.54) is 20.6 Å². The number of carbonyl (C=O) groups is 3. The molecule has 12 nitrogen and oxygen atoms in total. The number of hydrogen-bond donors (Lipinski definition) is 2. The monoisotopic (exact) mass is 563 g/mol. The van der Waals surface area contributed by atoms with Crippen LogP contribution in [0.15, 0.2) is 23.1 Å². The molecule has 0 bridgehead atoms. The minimum Gasteiger partial charge on any atom is -0.353 e. The van der Waals surface area contributed by atoms with Crippen molar-refractivity contribution in [3.05, 3.63) is 40.6 Å². The molecule has 0 radical (unpaired) electrons. The quantitative estimate of drug-likeness (QED) is 0.538. The number of amides is 4. The second-order valence-electron chi connectivity index (χ2n) is 10.8. The van der Waals surface area contributed by atoms with Gasteiger partial charge in [0, 0.05) is 83.1 Å². The molecule has 0 aliphatic carbocycles. The number of aromatic nitrogens is 2. The number of imide groups is 1. The molecular formula is C27H33N9O3S. The molecule has 2 N–H and O–H groups in total. The Balaban J connectivity index is 0.996. The zero-order valence-electron chi connectivity index (χ0n) is 22.4. The Morgan fingerprint density at radius 3 is 2.50 bits per heavy atom. The third kappa shape index (κ3) is 4.75. The first-order valence-corrected chi connectivity index (χ1v) is 15.0.